The lowest BCUT2D eigenvalue weighted by molar-refractivity contribution is 0.148. The van der Waals surface area contributed by atoms with Gasteiger partial charge in [-0.05, 0) is 38.8 Å². The molecule has 2 bridgehead atoms. The Morgan fingerprint density at radius 3 is 2.81 bits per heavy atom. The molecule has 16 heavy (non-hydrogen) atoms. The van der Waals surface area contributed by atoms with Crippen LogP contribution in [0.1, 0.15) is 31.4 Å². The molecule has 1 aromatic rings. The van der Waals surface area contributed by atoms with Crippen molar-refractivity contribution in [3.05, 3.63) is 18.0 Å². The number of nitrogens with zero attached hydrogens (tertiary/aromatic N) is 2. The summed E-state index contributed by atoms with van der Waals surface area (Å²) in [7, 11) is 2.29. The van der Waals surface area contributed by atoms with Crippen LogP contribution in [0.15, 0.2) is 12.3 Å². The van der Waals surface area contributed by atoms with Crippen molar-refractivity contribution >= 4 is 0 Å². The number of aromatic nitrogens is 2. The van der Waals surface area contributed by atoms with Crippen molar-refractivity contribution in [3.63, 3.8) is 0 Å². The van der Waals surface area contributed by atoms with E-state index in [-0.39, 0.29) is 0 Å². The lowest BCUT2D eigenvalue weighted by Crippen LogP contribution is -2.47. The Kier molecular flexibility index (Phi) is 2.69. The van der Waals surface area contributed by atoms with E-state index >= 15 is 0 Å². The minimum Gasteiger partial charge on any atom is -0.308 e. The monoisotopic (exact) mass is 220 g/mol. The maximum absolute atomic E-state index is 3.97. The molecule has 2 N–H and O–H groups in total. The highest BCUT2D eigenvalue weighted by molar-refractivity contribution is 5.00. The lowest BCUT2D eigenvalue weighted by atomic mass is 9.98. The van der Waals surface area contributed by atoms with Gasteiger partial charge in [0.1, 0.15) is 0 Å². The predicted octanol–water partition coefficient (Wildman–Crippen LogP) is 1.12. The molecular weight excluding hydrogens is 200 g/mol. The SMILES string of the molecule is CN1C2CCC1CC(NCc1ccn[nH]1)C2. The molecule has 2 unspecified atom stereocenters. The van der Waals surface area contributed by atoms with Crippen molar-refractivity contribution in [1.29, 1.82) is 0 Å². The van der Waals surface area contributed by atoms with Crippen LogP contribution in [0.2, 0.25) is 0 Å². The van der Waals surface area contributed by atoms with Crippen LogP contribution in [-0.2, 0) is 6.54 Å². The molecule has 2 atom stereocenters. The highest BCUT2D eigenvalue weighted by Crippen LogP contribution is 2.34. The highest BCUT2D eigenvalue weighted by Gasteiger charge is 2.37. The maximum atomic E-state index is 3.97. The van der Waals surface area contributed by atoms with Crippen LogP contribution >= 0.6 is 0 Å². The first-order chi connectivity index (χ1) is 7.83. The number of aromatic amines is 1. The molecule has 1 aromatic heterocycles. The van der Waals surface area contributed by atoms with Crippen LogP contribution < -0.4 is 5.32 Å². The van der Waals surface area contributed by atoms with E-state index in [4.69, 9.17) is 0 Å². The van der Waals surface area contributed by atoms with Gasteiger partial charge in [0.25, 0.3) is 0 Å². The fourth-order valence-corrected chi connectivity index (χ4v) is 3.22. The Balaban J connectivity index is 1.54. The van der Waals surface area contributed by atoms with Gasteiger partial charge in [-0.1, -0.05) is 0 Å². The summed E-state index contributed by atoms with van der Waals surface area (Å²) in [5.74, 6) is 0. The molecule has 4 heteroatoms. The van der Waals surface area contributed by atoms with Crippen molar-refractivity contribution < 1.29 is 0 Å². The summed E-state index contributed by atoms with van der Waals surface area (Å²) in [6, 6.07) is 4.37. The minimum atomic E-state index is 0.692. The Bertz CT molecular complexity index is 321. The Morgan fingerprint density at radius 2 is 2.19 bits per heavy atom. The minimum absolute atomic E-state index is 0.692. The zero-order valence-corrected chi connectivity index (χ0v) is 9.82. The summed E-state index contributed by atoms with van der Waals surface area (Å²) in [5.41, 5.74) is 1.19. The number of nitrogens with one attached hydrogen (secondary N) is 2. The first-order valence-electron chi connectivity index (χ1n) is 6.26. The molecule has 3 heterocycles. The molecule has 0 amide bonds. The second-order valence-corrected chi connectivity index (χ2v) is 5.18. The quantitative estimate of drug-likeness (QED) is 0.802. The standard InChI is InChI=1S/C12H20N4/c1-16-11-2-3-12(16)7-10(6-11)13-8-9-4-5-14-15-9/h4-5,10-13H,2-3,6-8H2,1H3,(H,14,15). The summed E-state index contributed by atoms with van der Waals surface area (Å²) in [6.45, 7) is 0.924. The number of rotatable bonds is 3. The summed E-state index contributed by atoms with van der Waals surface area (Å²) in [5, 5.41) is 10.6. The molecule has 0 aromatic carbocycles. The number of hydrogen-bond donors (Lipinski definition) is 2. The van der Waals surface area contributed by atoms with Crippen molar-refractivity contribution in [2.75, 3.05) is 7.05 Å². The van der Waals surface area contributed by atoms with Crippen LogP contribution in [0.5, 0.6) is 0 Å². The van der Waals surface area contributed by atoms with E-state index in [0.29, 0.717) is 6.04 Å². The number of piperidine rings is 1. The average molecular weight is 220 g/mol. The van der Waals surface area contributed by atoms with Gasteiger partial charge < -0.3 is 10.2 Å². The van der Waals surface area contributed by atoms with E-state index in [9.17, 15) is 0 Å². The molecule has 0 spiro atoms. The van der Waals surface area contributed by atoms with Crippen molar-refractivity contribution in [1.82, 2.24) is 20.4 Å². The Labute approximate surface area is 96.4 Å². The van der Waals surface area contributed by atoms with Crippen molar-refractivity contribution in [2.45, 2.75) is 50.4 Å². The van der Waals surface area contributed by atoms with E-state index in [2.05, 4.69) is 27.5 Å². The highest BCUT2D eigenvalue weighted by atomic mass is 15.2. The predicted molar refractivity (Wildman–Crippen MR) is 63.0 cm³/mol. The van der Waals surface area contributed by atoms with E-state index in [0.717, 1.165) is 18.6 Å². The molecular formula is C12H20N4. The normalized spacial score (nSPS) is 34.4. The molecule has 3 rings (SSSR count). The zero-order valence-electron chi connectivity index (χ0n) is 9.82. The number of hydrogen-bond acceptors (Lipinski definition) is 3. The molecule has 0 aliphatic carbocycles. The van der Waals surface area contributed by atoms with Crippen LogP contribution in [-0.4, -0.2) is 40.3 Å². The summed E-state index contributed by atoms with van der Waals surface area (Å²) >= 11 is 0. The third kappa shape index (κ3) is 1.87. The largest absolute Gasteiger partial charge is 0.308 e. The van der Waals surface area contributed by atoms with E-state index in [1.807, 2.05) is 12.3 Å². The van der Waals surface area contributed by atoms with Gasteiger partial charge >= 0.3 is 0 Å². The van der Waals surface area contributed by atoms with Gasteiger partial charge in [0.2, 0.25) is 0 Å². The smallest absolute Gasteiger partial charge is 0.0490 e. The summed E-state index contributed by atoms with van der Waals surface area (Å²) in [4.78, 5) is 2.58. The number of H-pyrrole nitrogens is 1. The van der Waals surface area contributed by atoms with Crippen LogP contribution in [0.25, 0.3) is 0 Å². The van der Waals surface area contributed by atoms with Gasteiger partial charge in [-0.15, -0.1) is 0 Å². The summed E-state index contributed by atoms with van der Waals surface area (Å²) in [6.07, 6.45) is 7.21. The van der Waals surface area contributed by atoms with Gasteiger partial charge in [0, 0.05) is 36.6 Å². The topological polar surface area (TPSA) is 44.0 Å². The van der Waals surface area contributed by atoms with Crippen LogP contribution in [0.4, 0.5) is 0 Å². The van der Waals surface area contributed by atoms with Gasteiger partial charge in [-0.3, -0.25) is 5.10 Å². The Morgan fingerprint density at radius 1 is 1.44 bits per heavy atom. The molecule has 88 valence electrons. The van der Waals surface area contributed by atoms with Crippen molar-refractivity contribution in [3.8, 4) is 0 Å². The Hall–Kier alpha value is -0.870. The van der Waals surface area contributed by atoms with Gasteiger partial charge in [0.15, 0.2) is 0 Å². The second kappa shape index (κ2) is 4.18. The molecule has 2 aliphatic heterocycles. The van der Waals surface area contributed by atoms with Crippen molar-refractivity contribution in [2.24, 2.45) is 0 Å². The van der Waals surface area contributed by atoms with Crippen LogP contribution in [0.3, 0.4) is 0 Å². The number of fused-ring (bicyclic) bond motifs is 2. The van der Waals surface area contributed by atoms with Crippen LogP contribution in [0, 0.1) is 0 Å². The molecule has 0 radical (unpaired) electrons. The molecule has 0 saturated carbocycles. The van der Waals surface area contributed by atoms with Gasteiger partial charge in [-0.25, -0.2) is 0 Å². The first kappa shape index (κ1) is 10.3. The van der Waals surface area contributed by atoms with Gasteiger partial charge in [-0.2, -0.15) is 5.10 Å². The van der Waals surface area contributed by atoms with E-state index in [1.165, 1.54) is 31.4 Å². The molecule has 2 fully saturated rings. The lowest BCUT2D eigenvalue weighted by Gasteiger charge is -2.36. The molecule has 4 nitrogen and oxygen atoms in total. The summed E-state index contributed by atoms with van der Waals surface area (Å²) < 4.78 is 0. The fraction of sp³-hybridized carbons (Fsp3) is 0.750. The van der Waals surface area contributed by atoms with E-state index in [1.54, 1.807) is 0 Å². The second-order valence-electron chi connectivity index (χ2n) is 5.18. The third-order valence-corrected chi connectivity index (χ3v) is 4.24. The van der Waals surface area contributed by atoms with Gasteiger partial charge in [0.05, 0.1) is 0 Å². The third-order valence-electron chi connectivity index (χ3n) is 4.24. The fourth-order valence-electron chi connectivity index (χ4n) is 3.22. The molecule has 2 saturated heterocycles. The zero-order chi connectivity index (χ0) is 11.0. The molecule has 2 aliphatic rings. The maximum Gasteiger partial charge on any atom is 0.0490 e. The van der Waals surface area contributed by atoms with E-state index < -0.39 is 0 Å². The first-order valence-corrected chi connectivity index (χ1v) is 6.26. The average Bonchev–Trinajstić information content (AvgIpc) is 2.84.